The van der Waals surface area contributed by atoms with E-state index in [1.54, 1.807) is 7.11 Å². The molecule has 92 valence electrons. The minimum Gasteiger partial charge on any atom is -0.383 e. The molecule has 0 aromatic heterocycles. The van der Waals surface area contributed by atoms with Gasteiger partial charge in [0.05, 0.1) is 6.61 Å². The Kier molecular flexibility index (Phi) is 15.5. The molecule has 0 heterocycles. The molecule has 0 rings (SSSR count). The van der Waals surface area contributed by atoms with Gasteiger partial charge in [-0.25, -0.2) is 0 Å². The second kappa shape index (κ2) is 13.7. The van der Waals surface area contributed by atoms with E-state index in [4.69, 9.17) is 4.74 Å². The van der Waals surface area contributed by atoms with Crippen molar-refractivity contribution in [2.45, 2.75) is 40.5 Å². The molecular formula is C13H29NO. The normalized spacial score (nSPS) is 11.3. The molecule has 0 N–H and O–H groups in total. The monoisotopic (exact) mass is 215 g/mol. The quantitative estimate of drug-likeness (QED) is 0.630. The van der Waals surface area contributed by atoms with Gasteiger partial charge < -0.3 is 9.64 Å². The van der Waals surface area contributed by atoms with Gasteiger partial charge in [0.15, 0.2) is 0 Å². The molecule has 0 aliphatic heterocycles. The molecule has 0 saturated carbocycles. The molecule has 2 heteroatoms. The number of likely N-dealkylation sites (N-methyl/N-ethyl adjacent to an activating group) is 1. The van der Waals surface area contributed by atoms with Gasteiger partial charge in [-0.1, -0.05) is 38.8 Å². The molecular weight excluding hydrogens is 186 g/mol. The number of methoxy groups -OCH3 is 1. The van der Waals surface area contributed by atoms with E-state index >= 15 is 0 Å². The van der Waals surface area contributed by atoms with E-state index in [1.165, 1.54) is 12.0 Å². The van der Waals surface area contributed by atoms with Crippen LogP contribution in [0.4, 0.5) is 0 Å². The van der Waals surface area contributed by atoms with Crippen LogP contribution in [0.2, 0.25) is 0 Å². The summed E-state index contributed by atoms with van der Waals surface area (Å²) < 4.78 is 4.98. The van der Waals surface area contributed by atoms with Crippen molar-refractivity contribution in [2.75, 3.05) is 33.9 Å². The van der Waals surface area contributed by atoms with Crippen molar-refractivity contribution < 1.29 is 4.74 Å². The van der Waals surface area contributed by atoms with Gasteiger partial charge in [-0.05, 0) is 20.4 Å². The van der Waals surface area contributed by atoms with Crippen LogP contribution in [0.15, 0.2) is 11.6 Å². The summed E-state index contributed by atoms with van der Waals surface area (Å²) in [5.74, 6) is 0. The van der Waals surface area contributed by atoms with Gasteiger partial charge in [-0.3, -0.25) is 0 Å². The second-order valence-corrected chi connectivity index (χ2v) is 3.87. The molecule has 0 spiro atoms. The van der Waals surface area contributed by atoms with E-state index < -0.39 is 0 Å². The van der Waals surface area contributed by atoms with Crippen molar-refractivity contribution in [3.8, 4) is 0 Å². The first kappa shape index (κ1) is 17.1. The molecule has 0 bridgehead atoms. The molecule has 15 heavy (non-hydrogen) atoms. The first-order valence-electron chi connectivity index (χ1n) is 5.95. The fourth-order valence-corrected chi connectivity index (χ4v) is 0.794. The minimum absolute atomic E-state index is 0.815. The average molecular weight is 215 g/mol. The van der Waals surface area contributed by atoms with Gasteiger partial charge >= 0.3 is 0 Å². The Hall–Kier alpha value is -0.340. The van der Waals surface area contributed by atoms with Crippen molar-refractivity contribution in [1.82, 2.24) is 4.90 Å². The maximum atomic E-state index is 4.98. The Morgan fingerprint density at radius 1 is 1.27 bits per heavy atom. The van der Waals surface area contributed by atoms with Crippen LogP contribution in [0.1, 0.15) is 40.5 Å². The topological polar surface area (TPSA) is 12.5 Å². The Morgan fingerprint density at radius 2 is 1.80 bits per heavy atom. The number of hydrogen-bond acceptors (Lipinski definition) is 2. The summed E-state index contributed by atoms with van der Waals surface area (Å²) in [5, 5.41) is 0. The SMILES string of the molecule is CC/C(C)=C\CN(C)CCOC.CCC. The molecule has 0 aromatic rings. The van der Waals surface area contributed by atoms with Gasteiger partial charge in [0.25, 0.3) is 0 Å². The number of allylic oxidation sites excluding steroid dienone is 1. The van der Waals surface area contributed by atoms with E-state index in [-0.39, 0.29) is 0 Å². The smallest absolute Gasteiger partial charge is 0.0589 e. The zero-order chi connectivity index (χ0) is 12.1. The summed E-state index contributed by atoms with van der Waals surface area (Å²) in [6.45, 7) is 11.5. The third-order valence-corrected chi connectivity index (χ3v) is 1.99. The Morgan fingerprint density at radius 3 is 2.20 bits per heavy atom. The highest BCUT2D eigenvalue weighted by atomic mass is 16.5. The van der Waals surface area contributed by atoms with E-state index in [0.29, 0.717) is 0 Å². The van der Waals surface area contributed by atoms with Gasteiger partial charge in [0, 0.05) is 20.2 Å². The van der Waals surface area contributed by atoms with E-state index in [9.17, 15) is 0 Å². The molecule has 2 nitrogen and oxygen atoms in total. The van der Waals surface area contributed by atoms with Crippen LogP contribution >= 0.6 is 0 Å². The number of nitrogens with zero attached hydrogens (tertiary/aromatic N) is 1. The molecule has 0 unspecified atom stereocenters. The fraction of sp³-hybridized carbons (Fsp3) is 0.846. The third-order valence-electron chi connectivity index (χ3n) is 1.99. The van der Waals surface area contributed by atoms with Crippen molar-refractivity contribution in [3.63, 3.8) is 0 Å². The highest BCUT2D eigenvalue weighted by Crippen LogP contribution is 1.97. The molecule has 0 fully saturated rings. The predicted octanol–water partition coefficient (Wildman–Crippen LogP) is 3.34. The van der Waals surface area contributed by atoms with Crippen LogP contribution in [0.5, 0.6) is 0 Å². The van der Waals surface area contributed by atoms with Gasteiger partial charge in [-0.2, -0.15) is 0 Å². The minimum atomic E-state index is 0.815. The van der Waals surface area contributed by atoms with E-state index in [2.05, 4.69) is 45.7 Å². The van der Waals surface area contributed by atoms with Gasteiger partial charge in [0.2, 0.25) is 0 Å². The van der Waals surface area contributed by atoms with Crippen LogP contribution in [0, 0.1) is 0 Å². The Labute approximate surface area is 96.3 Å². The summed E-state index contributed by atoms with van der Waals surface area (Å²) in [7, 11) is 3.85. The third kappa shape index (κ3) is 16.3. The van der Waals surface area contributed by atoms with Crippen LogP contribution in [0.3, 0.4) is 0 Å². The molecule has 0 atom stereocenters. The average Bonchev–Trinajstić information content (AvgIpc) is 2.24. The maximum Gasteiger partial charge on any atom is 0.0589 e. The zero-order valence-corrected chi connectivity index (χ0v) is 11.5. The summed E-state index contributed by atoms with van der Waals surface area (Å²) in [4.78, 5) is 2.25. The lowest BCUT2D eigenvalue weighted by atomic mass is 10.2. The summed E-state index contributed by atoms with van der Waals surface area (Å²) in [6.07, 6.45) is 4.67. The fourth-order valence-electron chi connectivity index (χ4n) is 0.794. The lowest BCUT2D eigenvalue weighted by Crippen LogP contribution is -2.22. The van der Waals surface area contributed by atoms with E-state index in [1.807, 2.05) is 0 Å². The highest BCUT2D eigenvalue weighted by Gasteiger charge is 1.94. The molecule has 0 radical (unpaired) electrons. The second-order valence-electron chi connectivity index (χ2n) is 3.87. The van der Waals surface area contributed by atoms with Crippen LogP contribution in [-0.4, -0.2) is 38.8 Å². The highest BCUT2D eigenvalue weighted by molar-refractivity contribution is 4.97. The summed E-state index contributed by atoms with van der Waals surface area (Å²) in [6, 6.07) is 0. The molecule has 0 amide bonds. The molecule has 0 aliphatic rings. The number of ether oxygens (including phenoxy) is 1. The standard InChI is InChI=1S/C10H21NO.C3H8/c1-5-10(2)6-7-11(3)8-9-12-4;1-3-2/h6H,5,7-9H2,1-4H3;3H2,1-2H3/b10-6-;. The first-order valence-corrected chi connectivity index (χ1v) is 5.95. The lowest BCUT2D eigenvalue weighted by Gasteiger charge is -2.13. The van der Waals surface area contributed by atoms with Crippen molar-refractivity contribution in [1.29, 1.82) is 0 Å². The van der Waals surface area contributed by atoms with Crippen LogP contribution in [-0.2, 0) is 4.74 Å². The summed E-state index contributed by atoms with van der Waals surface area (Å²) in [5.41, 5.74) is 1.46. The van der Waals surface area contributed by atoms with Crippen LogP contribution < -0.4 is 0 Å². The maximum absolute atomic E-state index is 4.98. The van der Waals surface area contributed by atoms with Gasteiger partial charge in [-0.15, -0.1) is 0 Å². The van der Waals surface area contributed by atoms with Crippen molar-refractivity contribution in [2.24, 2.45) is 0 Å². The number of hydrogen-bond donors (Lipinski definition) is 0. The van der Waals surface area contributed by atoms with Crippen LogP contribution in [0.25, 0.3) is 0 Å². The molecule has 0 saturated heterocycles. The predicted molar refractivity (Wildman–Crippen MR) is 69.4 cm³/mol. The van der Waals surface area contributed by atoms with Crippen molar-refractivity contribution >= 4 is 0 Å². The zero-order valence-electron chi connectivity index (χ0n) is 11.5. The summed E-state index contributed by atoms with van der Waals surface area (Å²) >= 11 is 0. The first-order chi connectivity index (χ1) is 7.12. The lowest BCUT2D eigenvalue weighted by molar-refractivity contribution is 0.166. The number of rotatable bonds is 6. The molecule has 0 aromatic carbocycles. The molecule has 0 aliphatic carbocycles. The Bertz CT molecular complexity index is 143. The Balaban J connectivity index is 0. The van der Waals surface area contributed by atoms with Crippen molar-refractivity contribution in [3.05, 3.63) is 11.6 Å². The van der Waals surface area contributed by atoms with Gasteiger partial charge in [0.1, 0.15) is 0 Å². The largest absolute Gasteiger partial charge is 0.383 e. The van der Waals surface area contributed by atoms with E-state index in [0.717, 1.165) is 26.1 Å².